The molecule has 16 heavy (non-hydrogen) atoms. The normalized spacial score (nSPS) is 14.9. The first-order valence-electron chi connectivity index (χ1n) is 5.93. The SMILES string of the molecule is CC(C)c1ccc(N2CCCC2)cn1.CO. The zero-order chi connectivity index (χ0) is 12.0. The summed E-state index contributed by atoms with van der Waals surface area (Å²) in [5.74, 6) is 0.530. The number of anilines is 1. The van der Waals surface area contributed by atoms with Gasteiger partial charge in [-0.3, -0.25) is 4.98 Å². The van der Waals surface area contributed by atoms with E-state index in [1.165, 1.54) is 37.3 Å². The number of aliphatic hydroxyl groups is 1. The molecular formula is C13H22N2O. The molecule has 0 radical (unpaired) electrons. The monoisotopic (exact) mass is 222 g/mol. The Morgan fingerprint density at radius 1 is 1.19 bits per heavy atom. The second kappa shape index (κ2) is 6.48. The molecule has 0 atom stereocenters. The Hall–Kier alpha value is -1.09. The van der Waals surface area contributed by atoms with Gasteiger partial charge in [-0.2, -0.15) is 0 Å². The molecule has 2 heterocycles. The number of hydrogen-bond donors (Lipinski definition) is 1. The molecule has 1 aliphatic rings. The van der Waals surface area contributed by atoms with Crippen molar-refractivity contribution in [2.24, 2.45) is 0 Å². The van der Waals surface area contributed by atoms with Gasteiger partial charge in [-0.25, -0.2) is 0 Å². The Morgan fingerprint density at radius 3 is 2.25 bits per heavy atom. The van der Waals surface area contributed by atoms with Gasteiger partial charge in [-0.05, 0) is 30.9 Å². The van der Waals surface area contributed by atoms with E-state index in [0.29, 0.717) is 5.92 Å². The number of aromatic nitrogens is 1. The standard InChI is InChI=1S/C12H18N2.CH4O/c1-10(2)12-6-5-11(9-13-12)14-7-3-4-8-14;1-2/h5-6,9-10H,3-4,7-8H2,1-2H3;2H,1H3. The van der Waals surface area contributed by atoms with Crippen LogP contribution in [0.4, 0.5) is 5.69 Å². The molecule has 0 aromatic carbocycles. The maximum Gasteiger partial charge on any atom is 0.0552 e. The van der Waals surface area contributed by atoms with Gasteiger partial charge in [0.05, 0.1) is 11.9 Å². The fraction of sp³-hybridized carbons (Fsp3) is 0.615. The maximum atomic E-state index is 7.00. The van der Waals surface area contributed by atoms with E-state index in [9.17, 15) is 0 Å². The molecule has 0 aliphatic carbocycles. The molecule has 3 nitrogen and oxygen atoms in total. The van der Waals surface area contributed by atoms with E-state index in [1.807, 2.05) is 6.20 Å². The first-order valence-corrected chi connectivity index (χ1v) is 5.93. The third-order valence-electron chi connectivity index (χ3n) is 2.83. The number of rotatable bonds is 2. The minimum atomic E-state index is 0.530. The van der Waals surface area contributed by atoms with Crippen LogP contribution in [0.3, 0.4) is 0 Å². The smallest absolute Gasteiger partial charge is 0.0552 e. The molecule has 90 valence electrons. The van der Waals surface area contributed by atoms with Crippen LogP contribution in [0, 0.1) is 0 Å². The van der Waals surface area contributed by atoms with E-state index in [2.05, 4.69) is 35.9 Å². The molecule has 1 fully saturated rings. The van der Waals surface area contributed by atoms with E-state index >= 15 is 0 Å². The van der Waals surface area contributed by atoms with Gasteiger partial charge in [0.2, 0.25) is 0 Å². The van der Waals surface area contributed by atoms with Gasteiger partial charge in [-0.1, -0.05) is 13.8 Å². The lowest BCUT2D eigenvalue weighted by molar-refractivity contribution is 0.399. The Labute approximate surface area is 98.1 Å². The molecule has 0 bridgehead atoms. The quantitative estimate of drug-likeness (QED) is 0.835. The summed E-state index contributed by atoms with van der Waals surface area (Å²) in [6.07, 6.45) is 4.67. The van der Waals surface area contributed by atoms with Crippen molar-refractivity contribution in [2.75, 3.05) is 25.1 Å². The van der Waals surface area contributed by atoms with Crippen molar-refractivity contribution in [1.82, 2.24) is 4.98 Å². The summed E-state index contributed by atoms with van der Waals surface area (Å²) in [6, 6.07) is 4.35. The summed E-state index contributed by atoms with van der Waals surface area (Å²) in [6.45, 7) is 6.75. The Morgan fingerprint density at radius 2 is 1.81 bits per heavy atom. The van der Waals surface area contributed by atoms with E-state index in [4.69, 9.17) is 5.11 Å². The summed E-state index contributed by atoms with van der Waals surface area (Å²) in [5.41, 5.74) is 2.47. The van der Waals surface area contributed by atoms with E-state index in [1.54, 1.807) is 0 Å². The number of aliphatic hydroxyl groups excluding tert-OH is 1. The predicted octanol–water partition coefficient (Wildman–Crippen LogP) is 2.41. The van der Waals surface area contributed by atoms with Crippen molar-refractivity contribution in [3.05, 3.63) is 24.0 Å². The fourth-order valence-electron chi connectivity index (χ4n) is 1.90. The molecule has 0 spiro atoms. The molecule has 1 N–H and O–H groups in total. The molecule has 0 amide bonds. The molecule has 0 unspecified atom stereocenters. The minimum absolute atomic E-state index is 0.530. The summed E-state index contributed by atoms with van der Waals surface area (Å²) in [5, 5.41) is 7.00. The van der Waals surface area contributed by atoms with Crippen LogP contribution >= 0.6 is 0 Å². The van der Waals surface area contributed by atoms with Crippen LogP contribution in [0.15, 0.2) is 18.3 Å². The van der Waals surface area contributed by atoms with Crippen LogP contribution in [0.2, 0.25) is 0 Å². The van der Waals surface area contributed by atoms with Crippen LogP contribution in [0.5, 0.6) is 0 Å². The lowest BCUT2D eigenvalue weighted by Gasteiger charge is -2.17. The first-order chi connectivity index (χ1) is 7.77. The van der Waals surface area contributed by atoms with E-state index in [0.717, 1.165) is 7.11 Å². The Kier molecular flexibility index (Phi) is 5.26. The number of hydrogen-bond acceptors (Lipinski definition) is 3. The van der Waals surface area contributed by atoms with Gasteiger partial charge >= 0.3 is 0 Å². The van der Waals surface area contributed by atoms with Crippen molar-refractivity contribution in [3.8, 4) is 0 Å². The molecule has 1 saturated heterocycles. The van der Waals surface area contributed by atoms with Crippen molar-refractivity contribution in [2.45, 2.75) is 32.6 Å². The third-order valence-corrected chi connectivity index (χ3v) is 2.83. The minimum Gasteiger partial charge on any atom is -0.400 e. The summed E-state index contributed by atoms with van der Waals surface area (Å²) >= 11 is 0. The van der Waals surface area contributed by atoms with E-state index < -0.39 is 0 Å². The van der Waals surface area contributed by atoms with Crippen LogP contribution in [-0.2, 0) is 0 Å². The summed E-state index contributed by atoms with van der Waals surface area (Å²) in [4.78, 5) is 6.89. The van der Waals surface area contributed by atoms with Crippen molar-refractivity contribution in [1.29, 1.82) is 0 Å². The Balaban J connectivity index is 0.000000606. The van der Waals surface area contributed by atoms with Crippen molar-refractivity contribution >= 4 is 5.69 Å². The maximum absolute atomic E-state index is 7.00. The zero-order valence-electron chi connectivity index (χ0n) is 10.5. The molecule has 1 aromatic rings. The summed E-state index contributed by atoms with van der Waals surface area (Å²) < 4.78 is 0. The van der Waals surface area contributed by atoms with Gasteiger partial charge in [0.25, 0.3) is 0 Å². The van der Waals surface area contributed by atoms with Gasteiger partial charge < -0.3 is 10.0 Å². The highest BCUT2D eigenvalue weighted by atomic mass is 16.2. The average molecular weight is 222 g/mol. The van der Waals surface area contributed by atoms with Crippen LogP contribution in [0.1, 0.15) is 38.3 Å². The highest BCUT2D eigenvalue weighted by Gasteiger charge is 2.12. The lowest BCUT2D eigenvalue weighted by Crippen LogP contribution is -2.17. The predicted molar refractivity (Wildman–Crippen MR) is 67.9 cm³/mol. The number of nitrogens with zero attached hydrogens (tertiary/aromatic N) is 2. The zero-order valence-corrected chi connectivity index (χ0v) is 10.5. The van der Waals surface area contributed by atoms with Gasteiger partial charge in [0.15, 0.2) is 0 Å². The highest BCUT2D eigenvalue weighted by Crippen LogP contribution is 2.20. The van der Waals surface area contributed by atoms with Crippen molar-refractivity contribution < 1.29 is 5.11 Å². The third kappa shape index (κ3) is 3.20. The second-order valence-corrected chi connectivity index (χ2v) is 4.29. The number of pyridine rings is 1. The topological polar surface area (TPSA) is 36.4 Å². The molecule has 1 aliphatic heterocycles. The van der Waals surface area contributed by atoms with Crippen LogP contribution in [0.25, 0.3) is 0 Å². The van der Waals surface area contributed by atoms with Gasteiger partial charge in [0.1, 0.15) is 0 Å². The highest BCUT2D eigenvalue weighted by molar-refractivity contribution is 5.45. The fourth-order valence-corrected chi connectivity index (χ4v) is 1.90. The van der Waals surface area contributed by atoms with Gasteiger partial charge in [-0.15, -0.1) is 0 Å². The molecule has 2 rings (SSSR count). The van der Waals surface area contributed by atoms with E-state index in [-0.39, 0.29) is 0 Å². The molecule has 1 aromatic heterocycles. The Bertz CT molecular complexity index is 289. The molecular weight excluding hydrogens is 200 g/mol. The average Bonchev–Trinajstić information content (AvgIpc) is 2.85. The largest absolute Gasteiger partial charge is 0.400 e. The van der Waals surface area contributed by atoms with Crippen LogP contribution < -0.4 is 4.90 Å². The molecule has 3 heteroatoms. The second-order valence-electron chi connectivity index (χ2n) is 4.29. The molecule has 0 saturated carbocycles. The van der Waals surface area contributed by atoms with Gasteiger partial charge in [0, 0.05) is 25.9 Å². The van der Waals surface area contributed by atoms with Crippen LogP contribution in [-0.4, -0.2) is 30.3 Å². The lowest BCUT2D eigenvalue weighted by atomic mass is 10.1. The van der Waals surface area contributed by atoms with Crippen molar-refractivity contribution in [3.63, 3.8) is 0 Å². The summed E-state index contributed by atoms with van der Waals surface area (Å²) in [7, 11) is 1.00. The first kappa shape index (κ1) is 13.0.